The molecule has 2 atom stereocenters. The van der Waals surface area contributed by atoms with Crippen molar-refractivity contribution in [3.05, 3.63) is 29.3 Å². The highest BCUT2D eigenvalue weighted by atomic mass is 16.5. The summed E-state index contributed by atoms with van der Waals surface area (Å²) in [5.74, 6) is 1.12. The fourth-order valence-corrected chi connectivity index (χ4v) is 3.94. The van der Waals surface area contributed by atoms with E-state index in [4.69, 9.17) is 10.5 Å². The molecule has 3 nitrogen and oxygen atoms in total. The topological polar surface area (TPSA) is 38.5 Å². The Labute approximate surface area is 121 Å². The van der Waals surface area contributed by atoms with E-state index in [1.54, 1.807) is 0 Å². The lowest BCUT2D eigenvalue weighted by Gasteiger charge is -2.29. The lowest BCUT2D eigenvalue weighted by molar-refractivity contribution is 0.133. The second-order valence-corrected chi connectivity index (χ2v) is 7.24. The van der Waals surface area contributed by atoms with Crippen LogP contribution in [0.2, 0.25) is 0 Å². The monoisotopic (exact) mass is 272 g/mol. The van der Waals surface area contributed by atoms with Gasteiger partial charge in [0.2, 0.25) is 0 Å². The lowest BCUT2D eigenvalue weighted by Crippen LogP contribution is -2.33. The van der Waals surface area contributed by atoms with Crippen molar-refractivity contribution in [2.75, 3.05) is 6.54 Å². The predicted octanol–water partition coefficient (Wildman–Crippen LogP) is 2.64. The highest BCUT2D eigenvalue weighted by molar-refractivity contribution is 5.48. The molecule has 1 saturated heterocycles. The van der Waals surface area contributed by atoms with E-state index < -0.39 is 0 Å². The van der Waals surface area contributed by atoms with Crippen molar-refractivity contribution >= 4 is 0 Å². The molecule has 108 valence electrons. The summed E-state index contributed by atoms with van der Waals surface area (Å²) in [4.78, 5) is 2.62. The summed E-state index contributed by atoms with van der Waals surface area (Å²) in [6.07, 6.45) is 4.78. The number of nitrogens with two attached hydrogens (primary N) is 1. The number of hydrogen-bond donors (Lipinski definition) is 1. The maximum atomic E-state index is 6.43. The zero-order chi connectivity index (χ0) is 13.9. The number of ether oxygens (including phenoxy) is 1. The zero-order valence-electron chi connectivity index (χ0n) is 12.4. The van der Waals surface area contributed by atoms with E-state index in [-0.39, 0.29) is 11.6 Å². The summed E-state index contributed by atoms with van der Waals surface area (Å²) in [6, 6.07) is 7.97. The Morgan fingerprint density at radius 3 is 2.80 bits per heavy atom. The van der Waals surface area contributed by atoms with Crippen LogP contribution >= 0.6 is 0 Å². The molecular formula is C17H24N2O. The Balaban J connectivity index is 1.74. The number of rotatable bonds is 2. The number of likely N-dealkylation sites (tertiary alicyclic amines) is 1. The maximum absolute atomic E-state index is 6.43. The molecule has 2 heterocycles. The Hall–Kier alpha value is -1.06. The van der Waals surface area contributed by atoms with Crippen molar-refractivity contribution in [3.63, 3.8) is 0 Å². The zero-order valence-corrected chi connectivity index (χ0v) is 12.4. The summed E-state index contributed by atoms with van der Waals surface area (Å²) >= 11 is 0. The van der Waals surface area contributed by atoms with Crippen LogP contribution in [0.1, 0.15) is 50.3 Å². The molecule has 3 heteroatoms. The van der Waals surface area contributed by atoms with E-state index in [9.17, 15) is 0 Å². The number of benzene rings is 1. The molecule has 0 radical (unpaired) electrons. The average molecular weight is 272 g/mol. The molecule has 2 aliphatic heterocycles. The number of hydrogen-bond acceptors (Lipinski definition) is 3. The molecule has 1 aliphatic carbocycles. The van der Waals surface area contributed by atoms with Crippen LogP contribution in [0, 0.1) is 0 Å². The summed E-state index contributed by atoms with van der Waals surface area (Å²) in [5, 5.41) is 0. The molecule has 1 aromatic rings. The van der Waals surface area contributed by atoms with Crippen LogP contribution in [0.3, 0.4) is 0 Å². The molecule has 2 fully saturated rings. The highest BCUT2D eigenvalue weighted by Gasteiger charge is 2.44. The molecule has 20 heavy (non-hydrogen) atoms. The van der Waals surface area contributed by atoms with Crippen molar-refractivity contribution < 1.29 is 4.74 Å². The van der Waals surface area contributed by atoms with Crippen molar-refractivity contribution in [1.82, 2.24) is 4.90 Å². The standard InChI is InChI=1S/C17H24N2O/c1-17(2)10-11-4-3-5-13(16(11)20-17)15-14(18)8-9-19(15)12-6-7-12/h3-5,12,14-15H,6-10,18H2,1-2H3. The molecule has 1 aromatic carbocycles. The molecule has 0 spiro atoms. The number of nitrogens with zero attached hydrogens (tertiary/aromatic N) is 1. The molecule has 1 saturated carbocycles. The molecule has 2 N–H and O–H groups in total. The van der Waals surface area contributed by atoms with Gasteiger partial charge in [0.25, 0.3) is 0 Å². The minimum absolute atomic E-state index is 0.0778. The van der Waals surface area contributed by atoms with E-state index in [0.29, 0.717) is 6.04 Å². The van der Waals surface area contributed by atoms with Gasteiger partial charge in [-0.25, -0.2) is 0 Å². The fourth-order valence-electron chi connectivity index (χ4n) is 3.94. The van der Waals surface area contributed by atoms with Crippen LogP contribution in [0.4, 0.5) is 0 Å². The van der Waals surface area contributed by atoms with Gasteiger partial charge in [-0.05, 0) is 38.7 Å². The first-order valence-corrected chi connectivity index (χ1v) is 7.87. The van der Waals surface area contributed by atoms with Crippen LogP contribution in [-0.2, 0) is 6.42 Å². The molecule has 3 aliphatic rings. The number of fused-ring (bicyclic) bond motifs is 1. The SMILES string of the molecule is CC1(C)Cc2cccc(C3C(N)CCN3C3CC3)c2O1. The van der Waals surface area contributed by atoms with Gasteiger partial charge in [-0.1, -0.05) is 18.2 Å². The number of para-hydroxylation sites is 1. The quantitative estimate of drug-likeness (QED) is 0.899. The van der Waals surface area contributed by atoms with Gasteiger partial charge in [0, 0.05) is 30.6 Å². The van der Waals surface area contributed by atoms with E-state index >= 15 is 0 Å². The first kappa shape index (κ1) is 12.7. The van der Waals surface area contributed by atoms with Gasteiger partial charge in [0.1, 0.15) is 11.4 Å². The molecule has 0 aromatic heterocycles. The van der Waals surface area contributed by atoms with Gasteiger partial charge in [-0.15, -0.1) is 0 Å². The first-order chi connectivity index (χ1) is 9.55. The Morgan fingerprint density at radius 1 is 1.25 bits per heavy atom. The Bertz CT molecular complexity index is 536. The van der Waals surface area contributed by atoms with Crippen LogP contribution < -0.4 is 10.5 Å². The minimum Gasteiger partial charge on any atom is -0.487 e. The maximum Gasteiger partial charge on any atom is 0.128 e. The van der Waals surface area contributed by atoms with Gasteiger partial charge in [-0.2, -0.15) is 0 Å². The van der Waals surface area contributed by atoms with Gasteiger partial charge in [0.05, 0.1) is 6.04 Å². The fraction of sp³-hybridized carbons (Fsp3) is 0.647. The molecule has 2 unspecified atom stereocenters. The third-order valence-corrected chi connectivity index (χ3v) is 4.94. The van der Waals surface area contributed by atoms with Crippen molar-refractivity contribution in [1.29, 1.82) is 0 Å². The van der Waals surface area contributed by atoms with Crippen LogP contribution in [0.15, 0.2) is 18.2 Å². The van der Waals surface area contributed by atoms with Crippen LogP contribution in [0.25, 0.3) is 0 Å². The van der Waals surface area contributed by atoms with Crippen molar-refractivity contribution in [3.8, 4) is 5.75 Å². The summed E-state index contributed by atoms with van der Waals surface area (Å²) < 4.78 is 6.25. The highest BCUT2D eigenvalue weighted by Crippen LogP contribution is 2.46. The molecule has 4 rings (SSSR count). The third-order valence-electron chi connectivity index (χ3n) is 4.94. The molecule has 0 amide bonds. The predicted molar refractivity (Wildman–Crippen MR) is 79.9 cm³/mol. The Morgan fingerprint density at radius 2 is 2.05 bits per heavy atom. The van der Waals surface area contributed by atoms with Gasteiger partial charge in [0.15, 0.2) is 0 Å². The summed E-state index contributed by atoms with van der Waals surface area (Å²) in [5.41, 5.74) is 9.03. The second-order valence-electron chi connectivity index (χ2n) is 7.24. The lowest BCUT2D eigenvalue weighted by atomic mass is 9.95. The van der Waals surface area contributed by atoms with E-state index in [1.165, 1.54) is 24.0 Å². The second kappa shape index (κ2) is 4.22. The summed E-state index contributed by atoms with van der Waals surface area (Å²) in [6.45, 7) is 5.48. The van der Waals surface area contributed by atoms with Crippen LogP contribution in [-0.4, -0.2) is 29.1 Å². The van der Waals surface area contributed by atoms with Crippen molar-refractivity contribution in [2.45, 2.75) is 63.3 Å². The third kappa shape index (κ3) is 1.95. The molecular weight excluding hydrogens is 248 g/mol. The normalized spacial score (nSPS) is 32.1. The summed E-state index contributed by atoms with van der Waals surface area (Å²) in [7, 11) is 0. The largest absolute Gasteiger partial charge is 0.487 e. The van der Waals surface area contributed by atoms with Crippen LogP contribution in [0.5, 0.6) is 5.75 Å². The van der Waals surface area contributed by atoms with E-state index in [2.05, 4.69) is 36.9 Å². The minimum atomic E-state index is -0.0778. The average Bonchev–Trinajstić information content (AvgIpc) is 3.07. The van der Waals surface area contributed by atoms with E-state index in [1.807, 2.05) is 0 Å². The van der Waals surface area contributed by atoms with Crippen molar-refractivity contribution in [2.24, 2.45) is 5.73 Å². The van der Waals surface area contributed by atoms with Gasteiger partial charge < -0.3 is 10.5 Å². The Kier molecular flexibility index (Phi) is 2.67. The van der Waals surface area contributed by atoms with Gasteiger partial charge >= 0.3 is 0 Å². The smallest absolute Gasteiger partial charge is 0.128 e. The molecule has 0 bridgehead atoms. The first-order valence-electron chi connectivity index (χ1n) is 7.87. The van der Waals surface area contributed by atoms with E-state index in [0.717, 1.165) is 31.2 Å². The van der Waals surface area contributed by atoms with Gasteiger partial charge in [-0.3, -0.25) is 4.90 Å².